The molecular weight excluding hydrogens is 217 g/mol. The zero-order valence-corrected chi connectivity index (χ0v) is 9.55. The molecular formula is C9H14NO4P. The summed E-state index contributed by atoms with van der Waals surface area (Å²) in [5, 5.41) is 10.2. The molecule has 0 saturated heterocycles. The van der Waals surface area contributed by atoms with Crippen molar-refractivity contribution in [3.05, 3.63) is 30.3 Å². The largest absolute Gasteiger partial charge is 0.422 e. The summed E-state index contributed by atoms with van der Waals surface area (Å²) < 4.78 is 21.8. The fraction of sp³-hybridized carbons (Fsp3) is 0.333. The van der Waals surface area contributed by atoms with Gasteiger partial charge in [-0.1, -0.05) is 18.2 Å². The van der Waals surface area contributed by atoms with Gasteiger partial charge in [0.15, 0.2) is 6.35 Å². The van der Waals surface area contributed by atoms with Crippen LogP contribution in [0, 0.1) is 0 Å². The lowest BCUT2D eigenvalue weighted by Gasteiger charge is -2.19. The summed E-state index contributed by atoms with van der Waals surface area (Å²) in [6.07, 6.45) is -0.667. The fourth-order valence-corrected chi connectivity index (χ4v) is 2.05. The highest BCUT2D eigenvalue weighted by atomic mass is 31.2. The van der Waals surface area contributed by atoms with Crippen LogP contribution in [0.5, 0.6) is 5.75 Å². The fourth-order valence-electron chi connectivity index (χ4n) is 0.962. The van der Waals surface area contributed by atoms with E-state index in [9.17, 15) is 4.57 Å². The van der Waals surface area contributed by atoms with Gasteiger partial charge in [-0.3, -0.25) is 0 Å². The Morgan fingerprint density at radius 3 is 2.40 bits per heavy atom. The van der Waals surface area contributed by atoms with E-state index in [1.807, 2.05) is 6.07 Å². The van der Waals surface area contributed by atoms with E-state index in [0.717, 1.165) is 0 Å². The van der Waals surface area contributed by atoms with Gasteiger partial charge in [0.2, 0.25) is 0 Å². The Bertz CT molecular complexity index is 341. The minimum Gasteiger partial charge on any atom is -0.422 e. The second-order valence-corrected chi connectivity index (χ2v) is 4.90. The molecule has 0 bridgehead atoms. The Balaban J connectivity index is 2.73. The molecule has 0 aliphatic heterocycles. The minimum absolute atomic E-state index is 0.400. The summed E-state index contributed by atoms with van der Waals surface area (Å²) >= 11 is 0. The zero-order chi connectivity index (χ0) is 11.3. The van der Waals surface area contributed by atoms with Gasteiger partial charge in [-0.15, -0.1) is 0 Å². The molecule has 0 aromatic heterocycles. The molecule has 0 heterocycles. The average Bonchev–Trinajstić information content (AvgIpc) is 2.18. The number of rotatable bonds is 5. The first-order valence-electron chi connectivity index (χ1n) is 4.37. The SMILES string of the molecule is CN(C)OP(=O)(CO)Oc1ccccc1. The maximum atomic E-state index is 11.8. The number of hydroxylamine groups is 2. The molecule has 1 N–H and O–H groups in total. The smallest absolute Gasteiger partial charge is 0.420 e. The zero-order valence-electron chi connectivity index (χ0n) is 8.66. The molecule has 1 rings (SSSR count). The van der Waals surface area contributed by atoms with Gasteiger partial charge in [0.05, 0.1) is 0 Å². The average molecular weight is 231 g/mol. The lowest BCUT2D eigenvalue weighted by molar-refractivity contribution is -0.0170. The lowest BCUT2D eigenvalue weighted by Crippen LogP contribution is -2.14. The molecule has 0 radical (unpaired) electrons. The van der Waals surface area contributed by atoms with Crippen molar-refractivity contribution in [1.29, 1.82) is 0 Å². The Morgan fingerprint density at radius 2 is 1.93 bits per heavy atom. The topological polar surface area (TPSA) is 59.0 Å². The first-order valence-corrected chi connectivity index (χ1v) is 6.10. The molecule has 0 amide bonds. The molecule has 84 valence electrons. The number of hydrogen-bond donors (Lipinski definition) is 1. The van der Waals surface area contributed by atoms with Crippen molar-refractivity contribution >= 4 is 7.60 Å². The highest BCUT2D eigenvalue weighted by Gasteiger charge is 2.26. The van der Waals surface area contributed by atoms with Crippen LogP contribution < -0.4 is 4.52 Å². The normalized spacial score (nSPS) is 14.9. The van der Waals surface area contributed by atoms with E-state index in [-0.39, 0.29) is 0 Å². The van der Waals surface area contributed by atoms with E-state index in [4.69, 9.17) is 14.3 Å². The van der Waals surface area contributed by atoms with Crippen molar-refractivity contribution in [3.8, 4) is 5.75 Å². The molecule has 0 spiro atoms. The van der Waals surface area contributed by atoms with Crippen LogP contribution in [0.1, 0.15) is 0 Å². The number of para-hydroxylation sites is 1. The predicted octanol–water partition coefficient (Wildman–Crippen LogP) is 1.70. The Kier molecular flexibility index (Phi) is 4.29. The van der Waals surface area contributed by atoms with Crippen molar-refractivity contribution in [2.75, 3.05) is 20.4 Å². The molecule has 0 aliphatic carbocycles. The monoisotopic (exact) mass is 231 g/mol. The third-order valence-corrected chi connectivity index (χ3v) is 2.86. The summed E-state index contributed by atoms with van der Waals surface area (Å²) in [6, 6.07) is 8.58. The van der Waals surface area contributed by atoms with Gasteiger partial charge in [0.25, 0.3) is 0 Å². The third kappa shape index (κ3) is 4.01. The summed E-state index contributed by atoms with van der Waals surface area (Å²) in [5.41, 5.74) is 0. The summed E-state index contributed by atoms with van der Waals surface area (Å²) in [4.78, 5) is 0. The van der Waals surface area contributed by atoms with Crippen LogP contribution in [0.2, 0.25) is 0 Å². The first kappa shape index (κ1) is 12.2. The first-order chi connectivity index (χ1) is 7.06. The second-order valence-electron chi connectivity index (χ2n) is 3.05. The van der Waals surface area contributed by atoms with Crippen LogP contribution >= 0.6 is 7.60 Å². The molecule has 0 aliphatic rings. The summed E-state index contributed by atoms with van der Waals surface area (Å²) in [7, 11) is -0.365. The summed E-state index contributed by atoms with van der Waals surface area (Å²) in [5.74, 6) is 0.400. The van der Waals surface area contributed by atoms with Gasteiger partial charge >= 0.3 is 7.60 Å². The molecule has 15 heavy (non-hydrogen) atoms. The highest BCUT2D eigenvalue weighted by molar-refractivity contribution is 7.53. The maximum Gasteiger partial charge on any atom is 0.420 e. The quantitative estimate of drug-likeness (QED) is 0.617. The number of nitrogens with zero attached hydrogens (tertiary/aromatic N) is 1. The van der Waals surface area contributed by atoms with E-state index < -0.39 is 13.9 Å². The maximum absolute atomic E-state index is 11.8. The van der Waals surface area contributed by atoms with E-state index >= 15 is 0 Å². The van der Waals surface area contributed by atoms with Crippen LogP contribution in [-0.4, -0.2) is 30.6 Å². The van der Waals surface area contributed by atoms with E-state index in [2.05, 4.69) is 0 Å². The van der Waals surface area contributed by atoms with Crippen LogP contribution in [0.4, 0.5) is 0 Å². The van der Waals surface area contributed by atoms with Crippen LogP contribution in [-0.2, 0) is 9.19 Å². The molecule has 1 unspecified atom stereocenters. The molecule has 5 nitrogen and oxygen atoms in total. The number of hydrogen-bond acceptors (Lipinski definition) is 5. The van der Waals surface area contributed by atoms with E-state index in [1.54, 1.807) is 38.4 Å². The second kappa shape index (κ2) is 5.28. The van der Waals surface area contributed by atoms with E-state index in [0.29, 0.717) is 5.75 Å². The Hall–Kier alpha value is -0.870. The molecule has 6 heteroatoms. The number of benzene rings is 1. The van der Waals surface area contributed by atoms with Crippen molar-refractivity contribution < 1.29 is 18.8 Å². The van der Waals surface area contributed by atoms with Crippen molar-refractivity contribution in [3.63, 3.8) is 0 Å². The molecule has 1 aromatic rings. The van der Waals surface area contributed by atoms with Crippen LogP contribution in [0.3, 0.4) is 0 Å². The van der Waals surface area contributed by atoms with Gasteiger partial charge in [0.1, 0.15) is 5.75 Å². The van der Waals surface area contributed by atoms with Gasteiger partial charge < -0.3 is 9.63 Å². The Labute approximate surface area is 88.7 Å². The number of aliphatic hydroxyl groups is 1. The molecule has 0 fully saturated rings. The number of aliphatic hydroxyl groups excluding tert-OH is 1. The van der Waals surface area contributed by atoms with Crippen molar-refractivity contribution in [2.24, 2.45) is 0 Å². The van der Waals surface area contributed by atoms with Crippen molar-refractivity contribution in [2.45, 2.75) is 0 Å². The summed E-state index contributed by atoms with van der Waals surface area (Å²) in [6.45, 7) is 0. The third-order valence-electron chi connectivity index (χ3n) is 1.45. The lowest BCUT2D eigenvalue weighted by atomic mass is 10.3. The van der Waals surface area contributed by atoms with Gasteiger partial charge in [0, 0.05) is 14.1 Å². The molecule has 1 atom stereocenters. The van der Waals surface area contributed by atoms with Gasteiger partial charge in [-0.2, -0.15) is 5.06 Å². The minimum atomic E-state index is -3.50. The molecule has 0 saturated carbocycles. The predicted molar refractivity (Wildman–Crippen MR) is 56.5 cm³/mol. The molecule has 1 aromatic carbocycles. The van der Waals surface area contributed by atoms with Gasteiger partial charge in [-0.05, 0) is 12.1 Å². The highest BCUT2D eigenvalue weighted by Crippen LogP contribution is 2.47. The Morgan fingerprint density at radius 1 is 1.33 bits per heavy atom. The standard InChI is InChI=1S/C9H14NO4P/c1-10(2)14-15(12,8-11)13-9-6-4-3-5-7-9/h3-7,11H,8H2,1-2H3. The van der Waals surface area contributed by atoms with Crippen LogP contribution in [0.15, 0.2) is 30.3 Å². The van der Waals surface area contributed by atoms with Crippen molar-refractivity contribution in [1.82, 2.24) is 5.06 Å². The van der Waals surface area contributed by atoms with E-state index in [1.165, 1.54) is 5.06 Å². The van der Waals surface area contributed by atoms with Crippen LogP contribution in [0.25, 0.3) is 0 Å². The van der Waals surface area contributed by atoms with Gasteiger partial charge in [-0.25, -0.2) is 9.19 Å².